The molecule has 0 atom stereocenters. The van der Waals surface area contributed by atoms with Gasteiger partial charge in [0.1, 0.15) is 0 Å². The number of unbranched alkanes of at least 4 members (excludes halogenated alkanes) is 3. The summed E-state index contributed by atoms with van der Waals surface area (Å²) >= 11 is 0. The average Bonchev–Trinajstić information content (AvgIpc) is 2.26. The molecule has 5 nitrogen and oxygen atoms in total. The lowest BCUT2D eigenvalue weighted by Gasteiger charge is -2.18. The van der Waals surface area contributed by atoms with Crippen LogP contribution in [0.1, 0.15) is 59.3 Å². The fourth-order valence-electron chi connectivity index (χ4n) is 1.66. The molecule has 0 rings (SSSR count). The molecule has 0 bridgehead atoms. The summed E-state index contributed by atoms with van der Waals surface area (Å²) in [6, 6.07) is 0. The third-order valence-corrected chi connectivity index (χ3v) is 2.65. The molecule has 0 aliphatic heterocycles. The van der Waals surface area contributed by atoms with E-state index < -0.39 is 7.82 Å². The molecule has 3 N–H and O–H groups in total. The Kier molecular flexibility index (Phi) is 15.3. The van der Waals surface area contributed by atoms with Gasteiger partial charge in [0.25, 0.3) is 7.82 Å². The lowest BCUT2D eigenvalue weighted by atomic mass is 10.2. The predicted molar refractivity (Wildman–Crippen MR) is 72.3 cm³/mol. The average molecular weight is 283 g/mol. The first-order chi connectivity index (χ1) is 8.35. The van der Waals surface area contributed by atoms with Gasteiger partial charge in [-0.2, -0.15) is 0 Å². The molecular formula is C12H30NO4P. The molecule has 0 aliphatic carbocycles. The fourth-order valence-corrected chi connectivity index (χ4v) is 1.66. The molecule has 0 heterocycles. The zero-order valence-corrected chi connectivity index (χ0v) is 12.9. The van der Waals surface area contributed by atoms with Gasteiger partial charge in [0.2, 0.25) is 0 Å². The van der Waals surface area contributed by atoms with E-state index in [-0.39, 0.29) is 0 Å². The van der Waals surface area contributed by atoms with Crippen LogP contribution in [-0.4, -0.2) is 29.4 Å². The van der Waals surface area contributed by atoms with Gasteiger partial charge in [-0.15, -0.1) is 0 Å². The fraction of sp³-hybridized carbons (Fsp3) is 1.00. The standard InChI is InChI=1S/C12H27N.H3O4P/c1-4-7-10-13(11-8-5-2)12-9-6-3;1-5(2,3)4/h4-12H2,1-3H3;(H3,1,2,3,4). The normalized spacial score (nSPS) is 11.3. The first-order valence-electron chi connectivity index (χ1n) is 6.95. The Morgan fingerprint density at radius 2 is 1.11 bits per heavy atom. The van der Waals surface area contributed by atoms with Gasteiger partial charge in [-0.3, -0.25) is 4.57 Å². The quantitative estimate of drug-likeness (QED) is 0.544. The number of rotatable bonds is 9. The smallest absolute Gasteiger partial charge is 0.262 e. The molecule has 0 radical (unpaired) electrons. The predicted octanol–water partition coefficient (Wildman–Crippen LogP) is 0.711. The van der Waals surface area contributed by atoms with Gasteiger partial charge < -0.3 is 19.6 Å². The van der Waals surface area contributed by atoms with Crippen molar-refractivity contribution < 1.29 is 24.1 Å². The van der Waals surface area contributed by atoms with E-state index in [1.165, 1.54) is 58.2 Å². The van der Waals surface area contributed by atoms with E-state index in [1.807, 2.05) is 4.90 Å². The van der Waals surface area contributed by atoms with Crippen LogP contribution in [0.15, 0.2) is 0 Å². The summed E-state index contributed by atoms with van der Waals surface area (Å²) in [7, 11) is -4.89. The van der Waals surface area contributed by atoms with Crippen molar-refractivity contribution in [3.63, 3.8) is 0 Å². The highest BCUT2D eigenvalue weighted by Crippen LogP contribution is 2.18. The number of phosphoric acid groups is 1. The monoisotopic (exact) mass is 283 g/mol. The summed E-state index contributed by atoms with van der Waals surface area (Å²) in [5.74, 6) is 0. The molecular weight excluding hydrogens is 253 g/mol. The van der Waals surface area contributed by atoms with E-state index >= 15 is 0 Å². The van der Waals surface area contributed by atoms with Crippen molar-refractivity contribution in [1.82, 2.24) is 0 Å². The van der Waals surface area contributed by atoms with Crippen LogP contribution in [0, 0.1) is 0 Å². The van der Waals surface area contributed by atoms with Crippen LogP contribution < -0.4 is 9.79 Å². The van der Waals surface area contributed by atoms with Crippen LogP contribution in [-0.2, 0) is 4.57 Å². The van der Waals surface area contributed by atoms with Crippen LogP contribution in [0.2, 0.25) is 0 Å². The Bertz CT molecular complexity index is 181. The SMILES string of the molecule is CCCC[NH+](CCCC)CCCC.O=P([O-])(O)O. The molecule has 0 fully saturated rings. The Morgan fingerprint density at radius 3 is 1.28 bits per heavy atom. The first kappa shape index (κ1) is 20.4. The molecule has 0 aromatic rings. The molecule has 0 saturated carbocycles. The van der Waals surface area contributed by atoms with Gasteiger partial charge in [0.15, 0.2) is 0 Å². The Balaban J connectivity index is 0. The van der Waals surface area contributed by atoms with Gasteiger partial charge >= 0.3 is 0 Å². The minimum Gasteiger partial charge on any atom is -0.756 e. The van der Waals surface area contributed by atoms with E-state index in [9.17, 15) is 0 Å². The van der Waals surface area contributed by atoms with Crippen molar-refractivity contribution in [2.75, 3.05) is 19.6 Å². The van der Waals surface area contributed by atoms with Crippen LogP contribution in [0.25, 0.3) is 0 Å². The zero-order valence-electron chi connectivity index (χ0n) is 12.0. The molecule has 18 heavy (non-hydrogen) atoms. The summed E-state index contributed by atoms with van der Waals surface area (Å²) in [4.78, 5) is 24.8. The number of nitrogens with one attached hydrogen (secondary N) is 1. The minimum absolute atomic E-state index is 1.35. The Morgan fingerprint density at radius 1 is 0.889 bits per heavy atom. The lowest BCUT2D eigenvalue weighted by molar-refractivity contribution is -0.900. The molecule has 0 saturated heterocycles. The molecule has 0 aromatic carbocycles. The molecule has 6 heteroatoms. The van der Waals surface area contributed by atoms with E-state index in [0.717, 1.165) is 0 Å². The van der Waals surface area contributed by atoms with E-state index in [1.54, 1.807) is 0 Å². The molecule has 112 valence electrons. The van der Waals surface area contributed by atoms with E-state index in [0.29, 0.717) is 0 Å². The van der Waals surface area contributed by atoms with E-state index in [2.05, 4.69) is 20.8 Å². The van der Waals surface area contributed by atoms with Gasteiger partial charge in [0.05, 0.1) is 19.6 Å². The third kappa shape index (κ3) is 25.1. The van der Waals surface area contributed by atoms with Gasteiger partial charge in [-0.25, -0.2) is 0 Å². The van der Waals surface area contributed by atoms with Crippen molar-refractivity contribution in [3.05, 3.63) is 0 Å². The largest absolute Gasteiger partial charge is 0.756 e. The van der Waals surface area contributed by atoms with Crippen LogP contribution >= 0.6 is 7.82 Å². The number of hydrogen-bond donors (Lipinski definition) is 3. The summed E-state index contributed by atoms with van der Waals surface area (Å²) in [6.45, 7) is 11.1. The van der Waals surface area contributed by atoms with Crippen molar-refractivity contribution in [2.45, 2.75) is 59.3 Å². The molecule has 0 aromatic heterocycles. The maximum Gasteiger partial charge on any atom is 0.262 e. The first-order valence-corrected chi connectivity index (χ1v) is 8.48. The highest BCUT2D eigenvalue weighted by molar-refractivity contribution is 7.43. The summed E-state index contributed by atoms with van der Waals surface area (Å²) in [5.41, 5.74) is 0. The molecule has 0 spiro atoms. The second kappa shape index (κ2) is 13.5. The highest BCUT2D eigenvalue weighted by Gasteiger charge is 2.05. The molecule has 0 amide bonds. The lowest BCUT2D eigenvalue weighted by Crippen LogP contribution is -3.12. The van der Waals surface area contributed by atoms with E-state index in [4.69, 9.17) is 19.2 Å². The van der Waals surface area contributed by atoms with Crippen LogP contribution in [0.3, 0.4) is 0 Å². The van der Waals surface area contributed by atoms with Crippen molar-refractivity contribution in [3.8, 4) is 0 Å². The Hall–Kier alpha value is 0.0700. The summed E-state index contributed by atoms with van der Waals surface area (Å²) in [5, 5.41) is 0. The zero-order chi connectivity index (χ0) is 14.4. The Labute approximate surface area is 111 Å². The van der Waals surface area contributed by atoms with Gasteiger partial charge in [-0.1, -0.05) is 40.0 Å². The van der Waals surface area contributed by atoms with Crippen LogP contribution in [0.5, 0.6) is 0 Å². The van der Waals surface area contributed by atoms with Gasteiger partial charge in [0, 0.05) is 0 Å². The van der Waals surface area contributed by atoms with Crippen molar-refractivity contribution in [1.29, 1.82) is 0 Å². The molecule has 0 unspecified atom stereocenters. The van der Waals surface area contributed by atoms with Gasteiger partial charge in [-0.05, 0) is 19.3 Å². The van der Waals surface area contributed by atoms with Crippen molar-refractivity contribution in [2.24, 2.45) is 0 Å². The summed E-state index contributed by atoms with van der Waals surface area (Å²) < 4.78 is 8.77. The maximum absolute atomic E-state index is 8.77. The minimum atomic E-state index is -4.89. The second-order valence-corrected chi connectivity index (χ2v) is 5.53. The number of quaternary nitrogens is 1. The molecule has 0 aliphatic rings. The van der Waals surface area contributed by atoms with Crippen molar-refractivity contribution >= 4 is 7.82 Å². The highest BCUT2D eigenvalue weighted by atomic mass is 31.2. The topological polar surface area (TPSA) is 85.0 Å². The third-order valence-electron chi connectivity index (χ3n) is 2.65. The summed E-state index contributed by atoms with van der Waals surface area (Å²) in [6.07, 6.45) is 8.26. The number of hydrogen-bond acceptors (Lipinski definition) is 2. The van der Waals surface area contributed by atoms with Crippen LogP contribution in [0.4, 0.5) is 0 Å². The second-order valence-electron chi connectivity index (χ2n) is 4.55. The maximum atomic E-state index is 8.77.